The Morgan fingerprint density at radius 3 is 2.15 bits per heavy atom. The van der Waals surface area contributed by atoms with E-state index >= 15 is 0 Å². The standard InChI is InChI=1S/C14H17N3O2.Na.H/c1-18-13(19-2)12(11-7-4-3-5-8-11)17-14-15-9-6-10-16-14;;/h3-10,12-13H,1-2H3,(H,15,16,17);;/q;+1;-1. The summed E-state index contributed by atoms with van der Waals surface area (Å²) in [6.07, 6.45) is 2.95. The van der Waals surface area contributed by atoms with E-state index in [4.69, 9.17) is 9.47 Å². The summed E-state index contributed by atoms with van der Waals surface area (Å²) in [5, 5.41) is 3.22. The van der Waals surface area contributed by atoms with Crippen molar-refractivity contribution >= 4 is 5.95 Å². The maximum absolute atomic E-state index is 5.35. The predicted octanol–water partition coefficient (Wildman–Crippen LogP) is -0.635. The van der Waals surface area contributed by atoms with Crippen molar-refractivity contribution in [3.05, 3.63) is 54.4 Å². The normalized spacial score (nSPS) is 11.8. The number of nitrogens with zero attached hydrogens (tertiary/aromatic N) is 2. The van der Waals surface area contributed by atoms with Crippen LogP contribution in [0.15, 0.2) is 48.8 Å². The van der Waals surface area contributed by atoms with Gasteiger partial charge in [-0.1, -0.05) is 30.3 Å². The fourth-order valence-electron chi connectivity index (χ4n) is 1.85. The number of hydrogen-bond donors (Lipinski definition) is 1. The van der Waals surface area contributed by atoms with E-state index in [-0.39, 0.29) is 37.0 Å². The zero-order valence-electron chi connectivity index (χ0n) is 13.0. The largest absolute Gasteiger partial charge is 1.00 e. The van der Waals surface area contributed by atoms with E-state index in [1.165, 1.54) is 0 Å². The van der Waals surface area contributed by atoms with Crippen molar-refractivity contribution in [3.8, 4) is 0 Å². The fraction of sp³-hybridized carbons (Fsp3) is 0.286. The van der Waals surface area contributed by atoms with Gasteiger partial charge in [-0.15, -0.1) is 0 Å². The van der Waals surface area contributed by atoms with Crippen molar-refractivity contribution in [1.29, 1.82) is 0 Å². The summed E-state index contributed by atoms with van der Waals surface area (Å²) in [7, 11) is 3.22. The summed E-state index contributed by atoms with van der Waals surface area (Å²) in [6.45, 7) is 0. The SMILES string of the molecule is COC(OC)C(Nc1ncccn1)c1ccccc1.[H-].[Na+]. The number of anilines is 1. The number of hydrogen-bond acceptors (Lipinski definition) is 5. The quantitative estimate of drug-likeness (QED) is 0.565. The third-order valence-corrected chi connectivity index (χ3v) is 2.75. The second-order valence-corrected chi connectivity index (χ2v) is 3.94. The molecule has 2 aromatic rings. The van der Waals surface area contributed by atoms with Gasteiger partial charge >= 0.3 is 29.6 Å². The zero-order valence-corrected chi connectivity index (χ0v) is 14.0. The summed E-state index contributed by atoms with van der Waals surface area (Å²) in [5.41, 5.74) is 1.05. The van der Waals surface area contributed by atoms with Gasteiger partial charge in [0.2, 0.25) is 5.95 Å². The van der Waals surface area contributed by atoms with E-state index in [2.05, 4.69) is 15.3 Å². The molecule has 1 atom stereocenters. The molecule has 1 N–H and O–H groups in total. The summed E-state index contributed by atoms with van der Waals surface area (Å²) >= 11 is 0. The third-order valence-electron chi connectivity index (χ3n) is 2.75. The molecule has 1 aromatic carbocycles. The molecule has 0 saturated carbocycles. The molecule has 0 radical (unpaired) electrons. The molecule has 0 aliphatic carbocycles. The van der Waals surface area contributed by atoms with E-state index in [1.807, 2.05) is 30.3 Å². The van der Waals surface area contributed by atoms with Crippen molar-refractivity contribution in [3.63, 3.8) is 0 Å². The Labute approximate surface area is 142 Å². The number of methoxy groups -OCH3 is 2. The van der Waals surface area contributed by atoms with Crippen LogP contribution in [0.2, 0.25) is 0 Å². The van der Waals surface area contributed by atoms with Crippen molar-refractivity contribution in [2.24, 2.45) is 0 Å². The summed E-state index contributed by atoms with van der Waals surface area (Å²) < 4.78 is 10.7. The minimum atomic E-state index is -0.425. The third kappa shape index (κ3) is 4.54. The first-order chi connectivity index (χ1) is 9.35. The van der Waals surface area contributed by atoms with E-state index in [1.54, 1.807) is 32.7 Å². The van der Waals surface area contributed by atoms with Gasteiger partial charge in [0.05, 0.1) is 0 Å². The molecular weight excluding hydrogens is 265 g/mol. The van der Waals surface area contributed by atoms with Crippen LogP contribution in [-0.2, 0) is 9.47 Å². The summed E-state index contributed by atoms with van der Waals surface area (Å²) in [4.78, 5) is 8.32. The van der Waals surface area contributed by atoms with Crippen LogP contribution in [0.4, 0.5) is 5.95 Å². The zero-order chi connectivity index (χ0) is 13.5. The Morgan fingerprint density at radius 1 is 1.00 bits per heavy atom. The van der Waals surface area contributed by atoms with Crippen molar-refractivity contribution < 1.29 is 40.5 Å². The van der Waals surface area contributed by atoms with Gasteiger partial charge < -0.3 is 16.2 Å². The Morgan fingerprint density at radius 2 is 1.60 bits per heavy atom. The molecule has 1 heterocycles. The van der Waals surface area contributed by atoms with E-state index in [9.17, 15) is 0 Å². The monoisotopic (exact) mass is 283 g/mol. The minimum absolute atomic E-state index is 0. The maximum atomic E-state index is 5.35. The number of benzene rings is 1. The van der Waals surface area contributed by atoms with Crippen LogP contribution in [0.5, 0.6) is 0 Å². The molecule has 2 rings (SSSR count). The van der Waals surface area contributed by atoms with E-state index in [0.717, 1.165) is 5.56 Å². The Balaban J connectivity index is 0.00000200. The van der Waals surface area contributed by atoms with E-state index in [0.29, 0.717) is 5.95 Å². The van der Waals surface area contributed by atoms with Crippen LogP contribution < -0.4 is 34.9 Å². The molecule has 1 aromatic heterocycles. The molecule has 20 heavy (non-hydrogen) atoms. The molecule has 0 amide bonds. The predicted molar refractivity (Wildman–Crippen MR) is 73.8 cm³/mol. The molecule has 0 bridgehead atoms. The molecule has 0 aliphatic heterocycles. The van der Waals surface area contributed by atoms with Gasteiger partial charge in [0.15, 0.2) is 6.29 Å². The van der Waals surface area contributed by atoms with Crippen molar-refractivity contribution in [1.82, 2.24) is 9.97 Å². The van der Waals surface area contributed by atoms with Crippen LogP contribution in [0.1, 0.15) is 13.0 Å². The molecule has 6 heteroatoms. The number of rotatable bonds is 6. The fourth-order valence-corrected chi connectivity index (χ4v) is 1.85. The first-order valence-corrected chi connectivity index (χ1v) is 5.99. The number of aromatic nitrogens is 2. The molecule has 5 nitrogen and oxygen atoms in total. The Kier molecular flexibility index (Phi) is 7.72. The second-order valence-electron chi connectivity index (χ2n) is 3.94. The van der Waals surface area contributed by atoms with Gasteiger partial charge in [-0.25, -0.2) is 9.97 Å². The average molecular weight is 283 g/mol. The second kappa shape index (κ2) is 9.05. The Bertz CT molecular complexity index is 486. The van der Waals surface area contributed by atoms with E-state index < -0.39 is 6.29 Å². The number of ether oxygens (including phenoxy) is 2. The van der Waals surface area contributed by atoms with Crippen LogP contribution in [0.3, 0.4) is 0 Å². The molecule has 102 valence electrons. The molecule has 0 aliphatic rings. The minimum Gasteiger partial charge on any atom is -1.00 e. The smallest absolute Gasteiger partial charge is 1.00 e. The van der Waals surface area contributed by atoms with Crippen molar-refractivity contribution in [2.75, 3.05) is 19.5 Å². The molecule has 1 unspecified atom stereocenters. The first-order valence-electron chi connectivity index (χ1n) is 5.99. The van der Waals surface area contributed by atoms with Crippen LogP contribution in [0.25, 0.3) is 0 Å². The molecule has 0 spiro atoms. The molecule has 0 saturated heterocycles. The molecule has 0 fully saturated rings. The van der Waals surface area contributed by atoms with Crippen LogP contribution in [-0.4, -0.2) is 30.5 Å². The van der Waals surface area contributed by atoms with Crippen molar-refractivity contribution in [2.45, 2.75) is 12.3 Å². The van der Waals surface area contributed by atoms with Crippen LogP contribution >= 0.6 is 0 Å². The first kappa shape index (κ1) is 17.1. The average Bonchev–Trinajstić information content (AvgIpc) is 2.49. The van der Waals surface area contributed by atoms with Crippen LogP contribution in [0, 0.1) is 0 Å². The molecular formula is C14H18N3NaO2. The van der Waals surface area contributed by atoms with Gasteiger partial charge in [-0.05, 0) is 11.6 Å². The van der Waals surface area contributed by atoms with Gasteiger partial charge in [-0.2, -0.15) is 0 Å². The maximum Gasteiger partial charge on any atom is 1.00 e. The van der Waals surface area contributed by atoms with Gasteiger partial charge in [-0.3, -0.25) is 0 Å². The number of nitrogens with one attached hydrogen (secondary N) is 1. The Hall–Kier alpha value is -0.980. The summed E-state index contributed by atoms with van der Waals surface area (Å²) in [6, 6.07) is 11.5. The van der Waals surface area contributed by atoms with Gasteiger partial charge in [0.25, 0.3) is 0 Å². The van der Waals surface area contributed by atoms with Gasteiger partial charge in [0, 0.05) is 26.6 Å². The summed E-state index contributed by atoms with van der Waals surface area (Å²) in [5.74, 6) is 0.537. The van der Waals surface area contributed by atoms with Gasteiger partial charge in [0.1, 0.15) is 6.04 Å². The topological polar surface area (TPSA) is 56.3 Å².